The van der Waals surface area contributed by atoms with Crippen LogP contribution in [0.5, 0.6) is 0 Å². The highest BCUT2D eigenvalue weighted by Gasteiger charge is 2.47. The Morgan fingerprint density at radius 1 is 1.41 bits per heavy atom. The molecular weight excluding hydrogens is 216 g/mol. The van der Waals surface area contributed by atoms with Crippen molar-refractivity contribution >= 4 is 5.97 Å². The highest BCUT2D eigenvalue weighted by Crippen LogP contribution is 2.51. The number of esters is 1. The fourth-order valence-electron chi connectivity index (χ4n) is 2.85. The lowest BCUT2D eigenvalue weighted by Crippen LogP contribution is -2.43. The third-order valence-electron chi connectivity index (χ3n) is 4.16. The fourth-order valence-corrected chi connectivity index (χ4v) is 2.85. The Bertz CT molecular complexity index is 275. The number of rotatable bonds is 6. The van der Waals surface area contributed by atoms with Gasteiger partial charge in [-0.05, 0) is 18.3 Å². The quantitative estimate of drug-likeness (QED) is 0.529. The zero-order valence-electron chi connectivity index (χ0n) is 11.3. The minimum absolute atomic E-state index is 0.0275. The first-order valence-corrected chi connectivity index (χ1v) is 6.25. The van der Waals surface area contributed by atoms with Crippen LogP contribution in [0.25, 0.3) is 0 Å². The van der Waals surface area contributed by atoms with Gasteiger partial charge in [0.15, 0.2) is 0 Å². The fraction of sp³-hybridized carbons (Fsp3) is 0.786. The van der Waals surface area contributed by atoms with Crippen LogP contribution in [-0.2, 0) is 14.3 Å². The van der Waals surface area contributed by atoms with E-state index in [4.69, 9.17) is 9.47 Å². The summed E-state index contributed by atoms with van der Waals surface area (Å²) in [5, 5.41) is 0. The summed E-state index contributed by atoms with van der Waals surface area (Å²) in [6.45, 7) is 9.00. The second kappa shape index (κ2) is 5.67. The lowest BCUT2D eigenvalue weighted by molar-refractivity contribution is -0.146. The first kappa shape index (κ1) is 14.2. The van der Waals surface area contributed by atoms with Crippen LogP contribution in [-0.4, -0.2) is 26.3 Å². The van der Waals surface area contributed by atoms with Gasteiger partial charge in [-0.1, -0.05) is 33.3 Å². The van der Waals surface area contributed by atoms with Crippen molar-refractivity contribution < 1.29 is 14.3 Å². The summed E-state index contributed by atoms with van der Waals surface area (Å²) < 4.78 is 10.6. The SMILES string of the molecule is C=CC(=O)OCC1(C(C)(C)COC)CCCC1. The molecule has 0 atom stereocenters. The first-order chi connectivity index (χ1) is 7.97. The van der Waals surface area contributed by atoms with Gasteiger partial charge >= 0.3 is 5.97 Å². The summed E-state index contributed by atoms with van der Waals surface area (Å²) in [6.07, 6.45) is 5.85. The van der Waals surface area contributed by atoms with E-state index in [-0.39, 0.29) is 16.8 Å². The number of hydrogen-bond acceptors (Lipinski definition) is 3. The number of carbonyl (C=O) groups is 1. The molecule has 0 spiro atoms. The highest BCUT2D eigenvalue weighted by molar-refractivity contribution is 5.81. The summed E-state index contributed by atoms with van der Waals surface area (Å²) in [5.74, 6) is -0.329. The molecule has 1 aliphatic rings. The van der Waals surface area contributed by atoms with E-state index in [0.717, 1.165) is 12.8 Å². The van der Waals surface area contributed by atoms with Gasteiger partial charge in [0.1, 0.15) is 0 Å². The zero-order chi connectivity index (χ0) is 12.9. The van der Waals surface area contributed by atoms with E-state index in [1.807, 2.05) is 0 Å². The topological polar surface area (TPSA) is 35.5 Å². The molecule has 3 nitrogen and oxygen atoms in total. The lowest BCUT2D eigenvalue weighted by Gasteiger charge is -2.43. The van der Waals surface area contributed by atoms with Crippen LogP contribution in [0, 0.1) is 10.8 Å². The number of hydrogen-bond donors (Lipinski definition) is 0. The normalized spacial score (nSPS) is 19.0. The predicted molar refractivity (Wildman–Crippen MR) is 67.7 cm³/mol. The smallest absolute Gasteiger partial charge is 0.330 e. The Balaban J connectivity index is 2.74. The van der Waals surface area contributed by atoms with Crippen LogP contribution in [0.2, 0.25) is 0 Å². The maximum absolute atomic E-state index is 11.2. The molecule has 0 heterocycles. The predicted octanol–water partition coefficient (Wildman–Crippen LogP) is 2.95. The Kier molecular flexibility index (Phi) is 4.75. The highest BCUT2D eigenvalue weighted by atomic mass is 16.5. The maximum atomic E-state index is 11.2. The molecule has 1 aliphatic carbocycles. The summed E-state index contributed by atoms with van der Waals surface area (Å²) in [4.78, 5) is 11.2. The van der Waals surface area contributed by atoms with E-state index >= 15 is 0 Å². The van der Waals surface area contributed by atoms with Gasteiger partial charge in [0.2, 0.25) is 0 Å². The number of carbonyl (C=O) groups excluding carboxylic acids is 1. The summed E-state index contributed by atoms with van der Waals surface area (Å²) in [6, 6.07) is 0. The van der Waals surface area contributed by atoms with E-state index < -0.39 is 0 Å². The number of ether oxygens (including phenoxy) is 2. The Labute approximate surface area is 104 Å². The average Bonchev–Trinajstić information content (AvgIpc) is 2.76. The third-order valence-corrected chi connectivity index (χ3v) is 4.16. The van der Waals surface area contributed by atoms with Crippen molar-refractivity contribution in [2.75, 3.05) is 20.3 Å². The van der Waals surface area contributed by atoms with E-state index in [1.165, 1.54) is 18.9 Å². The molecule has 3 heteroatoms. The van der Waals surface area contributed by atoms with E-state index in [0.29, 0.717) is 13.2 Å². The third kappa shape index (κ3) is 3.09. The Morgan fingerprint density at radius 3 is 2.47 bits per heavy atom. The van der Waals surface area contributed by atoms with Gasteiger partial charge in [0, 0.05) is 18.6 Å². The number of methoxy groups -OCH3 is 1. The molecule has 17 heavy (non-hydrogen) atoms. The van der Waals surface area contributed by atoms with Gasteiger partial charge in [-0.3, -0.25) is 0 Å². The molecule has 98 valence electrons. The minimum Gasteiger partial charge on any atom is -0.462 e. The van der Waals surface area contributed by atoms with Gasteiger partial charge in [0.05, 0.1) is 13.2 Å². The molecule has 0 saturated heterocycles. The van der Waals surface area contributed by atoms with Gasteiger partial charge in [0.25, 0.3) is 0 Å². The van der Waals surface area contributed by atoms with Gasteiger partial charge in [-0.15, -0.1) is 0 Å². The zero-order valence-corrected chi connectivity index (χ0v) is 11.3. The maximum Gasteiger partial charge on any atom is 0.330 e. The van der Waals surface area contributed by atoms with Crippen LogP contribution in [0.3, 0.4) is 0 Å². The van der Waals surface area contributed by atoms with Crippen molar-refractivity contribution in [3.63, 3.8) is 0 Å². The Morgan fingerprint density at radius 2 is 2.00 bits per heavy atom. The second-order valence-electron chi connectivity index (χ2n) is 5.62. The molecule has 0 aromatic heterocycles. The summed E-state index contributed by atoms with van der Waals surface area (Å²) in [5.41, 5.74) is 0.0847. The molecule has 0 bridgehead atoms. The van der Waals surface area contributed by atoms with Crippen LogP contribution in [0.4, 0.5) is 0 Å². The first-order valence-electron chi connectivity index (χ1n) is 6.25. The Hall–Kier alpha value is -0.830. The van der Waals surface area contributed by atoms with Crippen LogP contribution in [0.1, 0.15) is 39.5 Å². The molecule has 1 saturated carbocycles. The van der Waals surface area contributed by atoms with Crippen LogP contribution in [0.15, 0.2) is 12.7 Å². The molecule has 0 N–H and O–H groups in total. The van der Waals surface area contributed by atoms with Gasteiger partial charge < -0.3 is 9.47 Å². The summed E-state index contributed by atoms with van der Waals surface area (Å²) in [7, 11) is 1.72. The average molecular weight is 240 g/mol. The van der Waals surface area contributed by atoms with E-state index in [2.05, 4.69) is 20.4 Å². The molecule has 0 aliphatic heterocycles. The second-order valence-corrected chi connectivity index (χ2v) is 5.62. The molecule has 0 unspecified atom stereocenters. The van der Waals surface area contributed by atoms with Gasteiger partial charge in [-0.2, -0.15) is 0 Å². The van der Waals surface area contributed by atoms with Crippen molar-refractivity contribution in [2.24, 2.45) is 10.8 Å². The van der Waals surface area contributed by atoms with Crippen molar-refractivity contribution in [1.29, 1.82) is 0 Å². The van der Waals surface area contributed by atoms with Crippen molar-refractivity contribution in [3.8, 4) is 0 Å². The van der Waals surface area contributed by atoms with Crippen LogP contribution < -0.4 is 0 Å². The van der Waals surface area contributed by atoms with Crippen molar-refractivity contribution in [3.05, 3.63) is 12.7 Å². The molecule has 0 radical (unpaired) electrons. The molecule has 0 aromatic rings. The molecule has 1 rings (SSSR count). The van der Waals surface area contributed by atoms with Crippen LogP contribution >= 0.6 is 0 Å². The summed E-state index contributed by atoms with van der Waals surface area (Å²) >= 11 is 0. The molecule has 0 amide bonds. The molecule has 0 aromatic carbocycles. The van der Waals surface area contributed by atoms with Crippen molar-refractivity contribution in [1.82, 2.24) is 0 Å². The van der Waals surface area contributed by atoms with E-state index in [1.54, 1.807) is 7.11 Å². The molecule has 1 fully saturated rings. The monoisotopic (exact) mass is 240 g/mol. The van der Waals surface area contributed by atoms with E-state index in [9.17, 15) is 4.79 Å². The standard InChI is InChI=1S/C14H24O3/c1-5-12(15)17-11-14(8-6-7-9-14)13(2,3)10-16-4/h5H,1,6-11H2,2-4H3. The minimum atomic E-state index is -0.329. The van der Waals surface area contributed by atoms with Crippen molar-refractivity contribution in [2.45, 2.75) is 39.5 Å². The molecular formula is C14H24O3. The lowest BCUT2D eigenvalue weighted by atomic mass is 9.65. The van der Waals surface area contributed by atoms with Gasteiger partial charge in [-0.25, -0.2) is 4.79 Å². The largest absolute Gasteiger partial charge is 0.462 e.